The summed E-state index contributed by atoms with van der Waals surface area (Å²) in [6.45, 7) is 3.56. The molecule has 1 saturated carbocycles. The Morgan fingerprint density at radius 3 is 2.33 bits per heavy atom. The molecule has 0 spiro atoms. The molecular formula is C17H21F5O4S. The fourth-order valence-corrected chi connectivity index (χ4v) is 4.35. The summed E-state index contributed by atoms with van der Waals surface area (Å²) in [5.41, 5.74) is -5.59. The highest BCUT2D eigenvalue weighted by atomic mass is 32.2. The van der Waals surface area contributed by atoms with Crippen molar-refractivity contribution in [2.24, 2.45) is 5.92 Å². The first-order valence-electron chi connectivity index (χ1n) is 8.40. The van der Waals surface area contributed by atoms with E-state index < -0.39 is 57.1 Å². The van der Waals surface area contributed by atoms with Crippen LogP contribution in [-0.4, -0.2) is 42.3 Å². The van der Waals surface area contributed by atoms with Gasteiger partial charge in [-0.25, -0.2) is 17.2 Å². The molecule has 2 aliphatic carbocycles. The fourth-order valence-electron chi connectivity index (χ4n) is 3.43. The Balaban J connectivity index is 2.55. The van der Waals surface area contributed by atoms with E-state index >= 15 is 0 Å². The Morgan fingerprint density at radius 1 is 1.15 bits per heavy atom. The highest BCUT2D eigenvalue weighted by molar-refractivity contribution is 7.96. The van der Waals surface area contributed by atoms with Gasteiger partial charge in [-0.05, 0) is 42.4 Å². The van der Waals surface area contributed by atoms with Crippen molar-refractivity contribution in [2.75, 3.05) is 0 Å². The average Bonchev–Trinajstić information content (AvgIpc) is 2.55. The maximum Gasteiger partial charge on any atom is 0.501 e. The number of allylic oxidation sites excluding steroid dienone is 4. The highest BCUT2D eigenvalue weighted by Crippen LogP contribution is 2.41. The lowest BCUT2D eigenvalue weighted by Crippen LogP contribution is -2.36. The molecule has 0 aliphatic heterocycles. The fraction of sp³-hybridized carbons (Fsp3) is 0.647. The van der Waals surface area contributed by atoms with Crippen molar-refractivity contribution in [3.8, 4) is 0 Å². The van der Waals surface area contributed by atoms with Crippen molar-refractivity contribution < 1.29 is 40.6 Å². The molecular weight excluding hydrogens is 395 g/mol. The topological polar surface area (TPSA) is 74.6 Å². The summed E-state index contributed by atoms with van der Waals surface area (Å²) in [6.07, 6.45) is -2.16. The lowest BCUT2D eigenvalue weighted by Gasteiger charge is -2.30. The van der Waals surface area contributed by atoms with Crippen LogP contribution in [0.3, 0.4) is 0 Å². The molecule has 0 unspecified atom stereocenters. The van der Waals surface area contributed by atoms with Crippen LogP contribution in [-0.2, 0) is 9.84 Å². The summed E-state index contributed by atoms with van der Waals surface area (Å²) in [6, 6.07) is 0. The molecule has 0 saturated heterocycles. The van der Waals surface area contributed by atoms with Gasteiger partial charge in [0, 0.05) is 12.8 Å². The van der Waals surface area contributed by atoms with Gasteiger partial charge in [-0.1, -0.05) is 19.1 Å². The predicted molar refractivity (Wildman–Crippen MR) is 88.4 cm³/mol. The van der Waals surface area contributed by atoms with Gasteiger partial charge in [-0.15, -0.1) is 0 Å². The zero-order valence-corrected chi connectivity index (χ0v) is 15.2. The quantitative estimate of drug-likeness (QED) is 0.675. The van der Waals surface area contributed by atoms with Crippen LogP contribution in [0, 0.1) is 5.92 Å². The standard InChI is InChI=1S/C17H21F5O4S/c1-10-9-16(18,19)15(24)8-13(27(25,26)17(20,21)22)5-6-14(10)11-3-2-4-12(23)7-11/h5-6,11-12,15,23-24H,1-4,7-9H2/b13-5+,14-6+/t11-,12-,15+/m1/s1. The first-order valence-corrected chi connectivity index (χ1v) is 9.88. The number of aliphatic hydroxyl groups excluding tert-OH is 2. The Hall–Kier alpha value is -1.26. The predicted octanol–water partition coefficient (Wildman–Crippen LogP) is 3.63. The molecule has 3 atom stereocenters. The summed E-state index contributed by atoms with van der Waals surface area (Å²) >= 11 is 0. The van der Waals surface area contributed by atoms with E-state index in [0.717, 1.165) is 6.08 Å². The van der Waals surface area contributed by atoms with Crippen LogP contribution >= 0.6 is 0 Å². The van der Waals surface area contributed by atoms with E-state index in [1.54, 1.807) is 0 Å². The molecule has 0 heterocycles. The first-order chi connectivity index (χ1) is 12.3. The van der Waals surface area contributed by atoms with Gasteiger partial charge in [0.25, 0.3) is 15.8 Å². The Labute approximate surface area is 154 Å². The summed E-state index contributed by atoms with van der Waals surface area (Å²) < 4.78 is 90.6. The Kier molecular flexibility index (Phi) is 6.23. The summed E-state index contributed by atoms with van der Waals surface area (Å²) in [5.74, 6) is -4.29. The zero-order chi connectivity index (χ0) is 20.6. The Morgan fingerprint density at radius 2 is 1.78 bits per heavy atom. The molecule has 0 aromatic carbocycles. The first kappa shape index (κ1) is 22.0. The van der Waals surface area contributed by atoms with Crippen molar-refractivity contribution >= 4 is 9.84 Å². The van der Waals surface area contributed by atoms with Crippen LogP contribution in [0.1, 0.15) is 38.5 Å². The molecule has 1 fully saturated rings. The second-order valence-electron chi connectivity index (χ2n) is 6.98. The molecule has 2 rings (SSSR count). The van der Waals surface area contributed by atoms with E-state index in [-0.39, 0.29) is 17.6 Å². The van der Waals surface area contributed by atoms with E-state index in [9.17, 15) is 40.6 Å². The number of sulfone groups is 1. The average molecular weight is 416 g/mol. The summed E-state index contributed by atoms with van der Waals surface area (Å²) in [7, 11) is -5.88. The number of hydrogen-bond donors (Lipinski definition) is 2. The number of hydrogen-bond acceptors (Lipinski definition) is 4. The van der Waals surface area contributed by atoms with Crippen LogP contribution in [0.4, 0.5) is 22.0 Å². The van der Waals surface area contributed by atoms with E-state index in [4.69, 9.17) is 0 Å². The van der Waals surface area contributed by atoms with Crippen LogP contribution in [0.25, 0.3) is 0 Å². The van der Waals surface area contributed by atoms with Gasteiger partial charge in [0.1, 0.15) is 6.10 Å². The zero-order valence-electron chi connectivity index (χ0n) is 14.3. The van der Waals surface area contributed by atoms with Crippen molar-refractivity contribution in [1.82, 2.24) is 0 Å². The smallest absolute Gasteiger partial charge is 0.393 e. The minimum Gasteiger partial charge on any atom is -0.393 e. The molecule has 0 bridgehead atoms. The molecule has 0 aromatic rings. The number of aliphatic hydroxyl groups is 2. The molecule has 2 N–H and O–H groups in total. The SMILES string of the molecule is C=C1CC(F)(F)[C@@H](O)C/C(S(=O)(=O)C(F)(F)F)=C\C=C/1[C@@H]1CCC[C@@H](O)C1. The van der Waals surface area contributed by atoms with Gasteiger partial charge < -0.3 is 10.2 Å². The van der Waals surface area contributed by atoms with Crippen molar-refractivity contribution in [2.45, 2.75) is 62.2 Å². The number of rotatable bonds is 2. The van der Waals surface area contributed by atoms with Gasteiger partial charge in [0.2, 0.25) is 0 Å². The third-order valence-electron chi connectivity index (χ3n) is 4.92. The lowest BCUT2D eigenvalue weighted by molar-refractivity contribution is -0.105. The van der Waals surface area contributed by atoms with E-state index in [1.165, 1.54) is 0 Å². The molecule has 27 heavy (non-hydrogen) atoms. The lowest BCUT2D eigenvalue weighted by atomic mass is 9.78. The Bertz CT molecular complexity index is 752. The van der Waals surface area contributed by atoms with Crippen molar-refractivity contribution in [3.05, 3.63) is 34.8 Å². The van der Waals surface area contributed by atoms with E-state index in [0.29, 0.717) is 25.3 Å². The molecule has 154 valence electrons. The third kappa shape index (κ3) is 4.78. The second kappa shape index (κ2) is 7.63. The second-order valence-corrected chi connectivity index (χ2v) is 8.98. The van der Waals surface area contributed by atoms with E-state index in [1.807, 2.05) is 0 Å². The summed E-state index contributed by atoms with van der Waals surface area (Å²) in [4.78, 5) is -1.33. The van der Waals surface area contributed by atoms with E-state index in [2.05, 4.69) is 6.58 Å². The minimum atomic E-state index is -5.88. The monoisotopic (exact) mass is 416 g/mol. The molecule has 4 nitrogen and oxygen atoms in total. The molecule has 0 radical (unpaired) electrons. The van der Waals surface area contributed by atoms with Gasteiger partial charge >= 0.3 is 5.51 Å². The van der Waals surface area contributed by atoms with Gasteiger partial charge in [0.15, 0.2) is 0 Å². The van der Waals surface area contributed by atoms with Crippen LogP contribution < -0.4 is 0 Å². The highest BCUT2D eigenvalue weighted by Gasteiger charge is 2.50. The van der Waals surface area contributed by atoms with Crippen LogP contribution in [0.2, 0.25) is 0 Å². The number of alkyl halides is 5. The maximum atomic E-state index is 14.3. The van der Waals surface area contributed by atoms with Crippen LogP contribution in [0.5, 0.6) is 0 Å². The minimum absolute atomic E-state index is 0.0972. The van der Waals surface area contributed by atoms with Gasteiger partial charge in [-0.3, -0.25) is 0 Å². The molecule has 10 heteroatoms. The largest absolute Gasteiger partial charge is 0.501 e. The number of halogens is 5. The molecule has 0 aromatic heterocycles. The summed E-state index contributed by atoms with van der Waals surface area (Å²) in [5, 5.41) is 19.5. The van der Waals surface area contributed by atoms with Crippen LogP contribution in [0.15, 0.2) is 34.8 Å². The van der Waals surface area contributed by atoms with Crippen molar-refractivity contribution in [1.29, 1.82) is 0 Å². The maximum absolute atomic E-state index is 14.3. The normalized spacial score (nSPS) is 34.5. The van der Waals surface area contributed by atoms with Gasteiger partial charge in [-0.2, -0.15) is 13.2 Å². The third-order valence-corrected chi connectivity index (χ3v) is 6.53. The van der Waals surface area contributed by atoms with Gasteiger partial charge in [0.05, 0.1) is 11.0 Å². The molecule has 0 amide bonds. The van der Waals surface area contributed by atoms with Crippen molar-refractivity contribution in [3.63, 3.8) is 0 Å². The molecule has 2 aliphatic rings.